The smallest absolute Gasteiger partial charge is 0.303 e. The molecular weight excluding hydrogens is 482 g/mol. The first-order valence-electron chi connectivity index (χ1n) is 11.2. The summed E-state index contributed by atoms with van der Waals surface area (Å²) in [5, 5.41) is 12.0. The van der Waals surface area contributed by atoms with Crippen molar-refractivity contribution in [3.05, 3.63) is 21.3 Å². The van der Waals surface area contributed by atoms with Gasteiger partial charge in [-0.1, -0.05) is 11.1 Å². The Labute approximate surface area is 208 Å². The maximum Gasteiger partial charge on any atom is 0.303 e. The van der Waals surface area contributed by atoms with Crippen molar-refractivity contribution in [1.29, 1.82) is 0 Å². The number of nitro groups is 1. The number of hydrogen-bond acceptors (Lipinski definition) is 12. The van der Waals surface area contributed by atoms with Crippen molar-refractivity contribution in [2.24, 2.45) is 5.92 Å². The van der Waals surface area contributed by atoms with Gasteiger partial charge in [0.05, 0.1) is 5.92 Å². The summed E-state index contributed by atoms with van der Waals surface area (Å²) in [6.07, 6.45) is -6.10. The van der Waals surface area contributed by atoms with Crippen LogP contribution in [0.25, 0.3) is 0 Å². The minimum absolute atomic E-state index is 0.0487. The van der Waals surface area contributed by atoms with Crippen LogP contribution in [0.2, 0.25) is 0 Å². The second-order valence-corrected chi connectivity index (χ2v) is 8.66. The molecule has 0 fully saturated rings. The zero-order valence-electron chi connectivity index (χ0n) is 21.4. The molecule has 1 rings (SSSR count). The van der Waals surface area contributed by atoms with Gasteiger partial charge >= 0.3 is 29.8 Å². The van der Waals surface area contributed by atoms with Crippen molar-refractivity contribution in [1.82, 2.24) is 0 Å². The summed E-state index contributed by atoms with van der Waals surface area (Å²) in [6, 6.07) is -1.23. The number of ether oxygens (including phenoxy) is 5. The number of carbonyl (C=O) groups excluding carboxylic acids is 5. The van der Waals surface area contributed by atoms with Crippen molar-refractivity contribution in [3.8, 4) is 0 Å². The molecule has 4 unspecified atom stereocenters. The van der Waals surface area contributed by atoms with Crippen LogP contribution in [0, 0.1) is 16.0 Å². The topological polar surface area (TPSA) is 175 Å². The van der Waals surface area contributed by atoms with Gasteiger partial charge in [0.1, 0.15) is 6.61 Å². The van der Waals surface area contributed by atoms with E-state index in [9.17, 15) is 34.1 Å². The van der Waals surface area contributed by atoms with E-state index in [2.05, 4.69) is 0 Å². The van der Waals surface area contributed by atoms with Crippen molar-refractivity contribution in [3.63, 3.8) is 0 Å². The minimum atomic E-state index is -1.64. The van der Waals surface area contributed by atoms with Crippen LogP contribution >= 0.6 is 0 Å². The van der Waals surface area contributed by atoms with Gasteiger partial charge in [-0.25, -0.2) is 0 Å². The van der Waals surface area contributed by atoms with E-state index in [-0.39, 0.29) is 12.8 Å². The molecule has 0 heterocycles. The number of nitrogens with zero attached hydrogens (tertiary/aromatic N) is 1. The Kier molecular flexibility index (Phi) is 11.5. The zero-order valence-corrected chi connectivity index (χ0v) is 21.4. The molecule has 1 aliphatic carbocycles. The number of esters is 5. The molecule has 0 aromatic carbocycles. The highest BCUT2D eigenvalue weighted by Gasteiger charge is 2.52. The van der Waals surface area contributed by atoms with Gasteiger partial charge in [0.15, 0.2) is 24.4 Å². The van der Waals surface area contributed by atoms with Crippen molar-refractivity contribution < 1.29 is 52.6 Å². The fourth-order valence-electron chi connectivity index (χ4n) is 4.13. The molecule has 0 aliphatic heterocycles. The molecule has 0 amide bonds. The molecule has 0 radical (unpaired) electrons. The average molecular weight is 516 g/mol. The molecule has 0 aromatic rings. The molecule has 13 nitrogen and oxygen atoms in total. The second-order valence-electron chi connectivity index (χ2n) is 8.66. The van der Waals surface area contributed by atoms with Crippen LogP contribution < -0.4 is 0 Å². The van der Waals surface area contributed by atoms with E-state index in [1.54, 1.807) is 13.8 Å². The Bertz CT molecular complexity index is 911. The first-order chi connectivity index (χ1) is 16.6. The quantitative estimate of drug-likeness (QED) is 0.128. The predicted octanol–water partition coefficient (Wildman–Crippen LogP) is 1.67. The molecule has 202 valence electrons. The lowest BCUT2D eigenvalue weighted by atomic mass is 9.76. The fraction of sp³-hybridized carbons (Fsp3) is 0.696. The number of hydrogen-bond donors (Lipinski definition) is 0. The second kappa shape index (κ2) is 13.5. The molecule has 0 aromatic heterocycles. The third-order valence-corrected chi connectivity index (χ3v) is 5.66. The normalized spacial score (nSPS) is 20.8. The molecule has 6 atom stereocenters. The van der Waals surface area contributed by atoms with E-state index in [0.29, 0.717) is 0 Å². The highest BCUT2D eigenvalue weighted by atomic mass is 16.6. The highest BCUT2D eigenvalue weighted by Crippen LogP contribution is 2.37. The van der Waals surface area contributed by atoms with E-state index in [4.69, 9.17) is 23.7 Å². The summed E-state index contributed by atoms with van der Waals surface area (Å²) in [4.78, 5) is 71.0. The van der Waals surface area contributed by atoms with Gasteiger partial charge in [0.25, 0.3) is 0 Å². The summed E-state index contributed by atoms with van der Waals surface area (Å²) in [5.41, 5.74) is 1.61. The Morgan fingerprint density at radius 3 is 1.69 bits per heavy atom. The molecule has 0 bridgehead atoms. The van der Waals surface area contributed by atoms with E-state index in [1.807, 2.05) is 0 Å². The van der Waals surface area contributed by atoms with Gasteiger partial charge in [-0.2, -0.15) is 0 Å². The van der Waals surface area contributed by atoms with Crippen LogP contribution in [-0.4, -0.2) is 71.8 Å². The molecule has 0 saturated heterocycles. The Morgan fingerprint density at radius 1 is 0.778 bits per heavy atom. The van der Waals surface area contributed by atoms with Gasteiger partial charge < -0.3 is 23.7 Å². The number of rotatable bonds is 11. The fourth-order valence-corrected chi connectivity index (χ4v) is 4.13. The number of carbonyl (C=O) groups is 5. The molecule has 13 heteroatoms. The van der Waals surface area contributed by atoms with Crippen LogP contribution in [0.3, 0.4) is 0 Å². The molecule has 0 spiro atoms. The van der Waals surface area contributed by atoms with Gasteiger partial charge in [0.2, 0.25) is 6.04 Å². The van der Waals surface area contributed by atoms with Crippen LogP contribution in [0.1, 0.15) is 61.3 Å². The van der Waals surface area contributed by atoms with Gasteiger partial charge in [-0.15, -0.1) is 0 Å². The Hall–Kier alpha value is -3.51. The summed E-state index contributed by atoms with van der Waals surface area (Å²) in [7, 11) is 0. The lowest BCUT2D eigenvalue weighted by Gasteiger charge is -2.40. The van der Waals surface area contributed by atoms with Gasteiger partial charge in [0, 0.05) is 46.0 Å². The predicted molar refractivity (Wildman–Crippen MR) is 121 cm³/mol. The van der Waals surface area contributed by atoms with Crippen LogP contribution in [0.5, 0.6) is 0 Å². The molecule has 1 aliphatic rings. The largest absolute Gasteiger partial charge is 0.462 e. The third-order valence-electron chi connectivity index (χ3n) is 5.66. The zero-order chi connectivity index (χ0) is 27.7. The van der Waals surface area contributed by atoms with Crippen molar-refractivity contribution in [2.45, 2.75) is 91.8 Å². The van der Waals surface area contributed by atoms with Crippen molar-refractivity contribution >= 4 is 29.8 Å². The van der Waals surface area contributed by atoms with E-state index in [0.717, 1.165) is 45.8 Å². The van der Waals surface area contributed by atoms with Gasteiger partial charge in [-0.3, -0.25) is 34.1 Å². The molecule has 36 heavy (non-hydrogen) atoms. The van der Waals surface area contributed by atoms with Gasteiger partial charge in [-0.05, 0) is 20.3 Å². The van der Waals surface area contributed by atoms with Crippen LogP contribution in [-0.2, 0) is 47.7 Å². The van der Waals surface area contributed by atoms with E-state index >= 15 is 0 Å². The lowest BCUT2D eigenvalue weighted by molar-refractivity contribution is -0.535. The molecular formula is C23H33NO12. The molecule has 0 N–H and O–H groups in total. The minimum Gasteiger partial charge on any atom is -0.462 e. The molecule has 0 saturated carbocycles. The summed E-state index contributed by atoms with van der Waals surface area (Å²) >= 11 is 0. The van der Waals surface area contributed by atoms with E-state index in [1.165, 1.54) is 0 Å². The Balaban J connectivity index is 3.72. The summed E-state index contributed by atoms with van der Waals surface area (Å²) < 4.78 is 26.4. The summed E-state index contributed by atoms with van der Waals surface area (Å²) in [6.45, 7) is 8.22. The SMILES string of the molecule is CC(=O)OCC(OC(C)=O)C(OC(C)=O)C(OC(C)=O)C(OC(C)=O)[C@H]1CC(C)=C(C)C[C@@H]1[N+](=O)[O-]. The first-order valence-corrected chi connectivity index (χ1v) is 11.2. The lowest BCUT2D eigenvalue weighted by Crippen LogP contribution is -2.57. The van der Waals surface area contributed by atoms with E-state index < -0.39 is 77.8 Å². The van der Waals surface area contributed by atoms with Crippen LogP contribution in [0.15, 0.2) is 11.1 Å². The maximum absolute atomic E-state index is 12.1. The monoisotopic (exact) mass is 515 g/mol. The maximum atomic E-state index is 12.1. The van der Waals surface area contributed by atoms with Crippen molar-refractivity contribution in [2.75, 3.05) is 6.61 Å². The van der Waals surface area contributed by atoms with Crippen LogP contribution in [0.4, 0.5) is 0 Å². The summed E-state index contributed by atoms with van der Waals surface area (Å²) in [5.74, 6) is -5.20. The average Bonchev–Trinajstić information content (AvgIpc) is 2.72. The first kappa shape index (κ1) is 30.5. The standard InChI is InChI=1S/C23H33NO12/c1-11-8-18(19(24(30)31)9-12(11)2)21(34-15(5)27)23(36-17(7)29)22(35-16(6)28)20(33-14(4)26)10-32-13(3)25/h18-23H,8-10H2,1-7H3/t18-,19-,20?,21?,22?,23?/m0/s1. The Morgan fingerprint density at radius 2 is 1.25 bits per heavy atom. The third kappa shape index (κ3) is 9.27. The highest BCUT2D eigenvalue weighted by molar-refractivity contribution is 5.69. The number of allylic oxidation sites excluding steroid dienone is 1.